The molecule has 0 fully saturated rings. The van der Waals surface area contributed by atoms with E-state index in [1.807, 2.05) is 0 Å². The van der Waals surface area contributed by atoms with Crippen molar-refractivity contribution < 1.29 is 33.0 Å². The molecule has 6 nitrogen and oxygen atoms in total. The molecule has 1 aromatic carbocycles. The lowest BCUT2D eigenvalue weighted by molar-refractivity contribution is -0.166. The van der Waals surface area contributed by atoms with Crippen LogP contribution in [0, 0.1) is 0 Å². The van der Waals surface area contributed by atoms with E-state index in [4.69, 9.17) is 14.6 Å². The molecule has 1 rings (SSSR count). The van der Waals surface area contributed by atoms with Crippen LogP contribution in [0.5, 0.6) is 5.75 Å². The number of alkyl halides is 2. The molecule has 22 heavy (non-hydrogen) atoms. The smallest absolute Gasteiger partial charge is 0.412 e. The van der Waals surface area contributed by atoms with E-state index in [2.05, 4.69) is 5.32 Å². The molecule has 122 valence electrons. The number of ether oxygens (including phenoxy) is 2. The maximum Gasteiger partial charge on any atom is 0.412 e. The number of nitrogens with one attached hydrogen (secondary N) is 1. The maximum absolute atomic E-state index is 13.7. The molecule has 0 bridgehead atoms. The van der Waals surface area contributed by atoms with Crippen LogP contribution in [0.4, 0.5) is 19.3 Å². The van der Waals surface area contributed by atoms with Crippen LogP contribution in [0.1, 0.15) is 26.3 Å². The number of benzene rings is 1. The minimum atomic E-state index is -4.17. The Balaban J connectivity index is 3.20. The lowest BCUT2D eigenvalue weighted by Crippen LogP contribution is -2.30. The zero-order valence-electron chi connectivity index (χ0n) is 12.6. The first-order valence-corrected chi connectivity index (χ1v) is 6.27. The molecule has 0 aliphatic rings. The number of carboxylic acid groups (broad SMARTS) is 1. The minimum absolute atomic E-state index is 0.177. The molecule has 0 atom stereocenters. The maximum atomic E-state index is 13.7. The van der Waals surface area contributed by atoms with Gasteiger partial charge < -0.3 is 14.6 Å². The van der Waals surface area contributed by atoms with Gasteiger partial charge in [-0.15, -0.1) is 0 Å². The van der Waals surface area contributed by atoms with E-state index in [0.717, 1.165) is 12.1 Å². The number of carbonyl (C=O) groups is 2. The summed E-state index contributed by atoms with van der Waals surface area (Å²) >= 11 is 0. The van der Waals surface area contributed by atoms with Crippen molar-refractivity contribution in [1.82, 2.24) is 0 Å². The summed E-state index contributed by atoms with van der Waals surface area (Å²) in [6.45, 7) is 4.81. The Morgan fingerprint density at radius 3 is 2.27 bits per heavy atom. The third kappa shape index (κ3) is 4.31. The van der Waals surface area contributed by atoms with Gasteiger partial charge in [-0.1, -0.05) is 0 Å². The lowest BCUT2D eigenvalue weighted by atomic mass is 10.1. The number of halogens is 2. The number of amides is 1. The predicted molar refractivity (Wildman–Crippen MR) is 74.4 cm³/mol. The number of carboxylic acids is 1. The Kier molecular flexibility index (Phi) is 4.95. The Morgan fingerprint density at radius 2 is 1.82 bits per heavy atom. The van der Waals surface area contributed by atoms with E-state index < -0.39 is 34.8 Å². The van der Waals surface area contributed by atoms with Gasteiger partial charge in [-0.25, -0.2) is 9.59 Å². The summed E-state index contributed by atoms with van der Waals surface area (Å²) in [5.74, 6) is -6.32. The molecule has 0 aliphatic carbocycles. The summed E-state index contributed by atoms with van der Waals surface area (Å²) in [6, 6.07) is 3.14. The summed E-state index contributed by atoms with van der Waals surface area (Å²) in [4.78, 5) is 22.4. The Labute approximate surface area is 126 Å². The Hall–Kier alpha value is -2.38. The van der Waals surface area contributed by atoms with Crippen LogP contribution < -0.4 is 10.1 Å². The predicted octanol–water partition coefficient (Wildman–Crippen LogP) is 3.22. The van der Waals surface area contributed by atoms with Gasteiger partial charge in [0.1, 0.15) is 11.4 Å². The second kappa shape index (κ2) is 6.17. The summed E-state index contributed by atoms with van der Waals surface area (Å²) < 4.78 is 37.3. The first-order chi connectivity index (χ1) is 9.97. The summed E-state index contributed by atoms with van der Waals surface area (Å²) in [6.07, 6.45) is -0.983. The van der Waals surface area contributed by atoms with Crippen LogP contribution in [-0.2, 0) is 15.5 Å². The van der Waals surface area contributed by atoms with Crippen LogP contribution >= 0.6 is 0 Å². The highest BCUT2D eigenvalue weighted by Crippen LogP contribution is 2.36. The molecule has 0 spiro atoms. The van der Waals surface area contributed by atoms with Crippen molar-refractivity contribution in [3.05, 3.63) is 23.8 Å². The highest BCUT2D eigenvalue weighted by molar-refractivity contribution is 5.89. The van der Waals surface area contributed by atoms with Gasteiger partial charge in [0.2, 0.25) is 0 Å². The lowest BCUT2D eigenvalue weighted by Gasteiger charge is -2.22. The number of carbonyl (C=O) groups excluding carboxylic acids is 1. The summed E-state index contributed by atoms with van der Waals surface area (Å²) in [5.41, 5.74) is -2.11. The molecule has 2 N–H and O–H groups in total. The third-order valence-electron chi connectivity index (χ3n) is 2.47. The average molecular weight is 317 g/mol. The van der Waals surface area contributed by atoms with Crippen LogP contribution in [0.15, 0.2) is 18.2 Å². The SMILES string of the molecule is COc1ccc(C(F)(F)C(=O)O)c(NC(=O)OC(C)(C)C)c1. The average Bonchev–Trinajstić information content (AvgIpc) is 2.35. The molecular weight excluding hydrogens is 300 g/mol. The van der Waals surface area contributed by atoms with E-state index in [-0.39, 0.29) is 5.75 Å². The molecular formula is C14H17F2NO5. The number of hydrogen-bond donors (Lipinski definition) is 2. The molecule has 0 unspecified atom stereocenters. The monoisotopic (exact) mass is 317 g/mol. The van der Waals surface area contributed by atoms with Crippen molar-refractivity contribution in [3.63, 3.8) is 0 Å². The van der Waals surface area contributed by atoms with Crippen molar-refractivity contribution >= 4 is 17.7 Å². The zero-order valence-corrected chi connectivity index (χ0v) is 12.6. The minimum Gasteiger partial charge on any atom is -0.497 e. The molecule has 0 radical (unpaired) electrons. The topological polar surface area (TPSA) is 84.9 Å². The second-order valence-electron chi connectivity index (χ2n) is 5.42. The van der Waals surface area contributed by atoms with Gasteiger partial charge in [-0.05, 0) is 32.9 Å². The highest BCUT2D eigenvalue weighted by Gasteiger charge is 2.43. The molecule has 0 aliphatic heterocycles. The second-order valence-corrected chi connectivity index (χ2v) is 5.42. The fourth-order valence-corrected chi connectivity index (χ4v) is 1.56. The van der Waals surface area contributed by atoms with Gasteiger partial charge in [-0.2, -0.15) is 8.78 Å². The molecule has 1 amide bonds. The fourth-order valence-electron chi connectivity index (χ4n) is 1.56. The number of aliphatic carboxylic acids is 1. The van der Waals surface area contributed by atoms with Gasteiger partial charge in [0.15, 0.2) is 0 Å². The number of rotatable bonds is 4. The first kappa shape index (κ1) is 17.7. The molecule has 1 aromatic rings. The van der Waals surface area contributed by atoms with E-state index >= 15 is 0 Å². The van der Waals surface area contributed by atoms with E-state index in [1.165, 1.54) is 13.2 Å². The van der Waals surface area contributed by atoms with Crippen LogP contribution in [-0.4, -0.2) is 29.9 Å². The third-order valence-corrected chi connectivity index (χ3v) is 2.47. The number of methoxy groups -OCH3 is 1. The normalized spacial score (nSPS) is 11.7. The van der Waals surface area contributed by atoms with Gasteiger partial charge >= 0.3 is 18.0 Å². The fraction of sp³-hybridized carbons (Fsp3) is 0.429. The van der Waals surface area contributed by atoms with Crippen LogP contribution in [0.3, 0.4) is 0 Å². The summed E-state index contributed by atoms with van der Waals surface area (Å²) in [5, 5.41) is 10.8. The van der Waals surface area contributed by atoms with Gasteiger partial charge in [-0.3, -0.25) is 5.32 Å². The van der Waals surface area contributed by atoms with Gasteiger partial charge in [0, 0.05) is 6.07 Å². The van der Waals surface area contributed by atoms with Gasteiger partial charge in [0.05, 0.1) is 18.4 Å². The molecule has 0 aromatic heterocycles. The van der Waals surface area contributed by atoms with Crippen molar-refractivity contribution in [2.45, 2.75) is 32.3 Å². The van der Waals surface area contributed by atoms with Crippen molar-refractivity contribution in [2.75, 3.05) is 12.4 Å². The van der Waals surface area contributed by atoms with E-state index in [1.54, 1.807) is 20.8 Å². The van der Waals surface area contributed by atoms with E-state index in [9.17, 15) is 18.4 Å². The molecule has 8 heteroatoms. The van der Waals surface area contributed by atoms with E-state index in [0.29, 0.717) is 0 Å². The standard InChI is InChI=1S/C14H17F2NO5/c1-13(2,3)22-12(20)17-10-7-8(21-4)5-6-9(10)14(15,16)11(18)19/h5-7H,1-4H3,(H,17,20)(H,18,19). The number of hydrogen-bond acceptors (Lipinski definition) is 4. The largest absolute Gasteiger partial charge is 0.497 e. The summed E-state index contributed by atoms with van der Waals surface area (Å²) in [7, 11) is 1.31. The van der Waals surface area contributed by atoms with Crippen LogP contribution in [0.25, 0.3) is 0 Å². The molecule has 0 saturated carbocycles. The molecule has 0 heterocycles. The number of anilines is 1. The highest BCUT2D eigenvalue weighted by atomic mass is 19.3. The Morgan fingerprint density at radius 1 is 1.23 bits per heavy atom. The van der Waals surface area contributed by atoms with Gasteiger partial charge in [0.25, 0.3) is 0 Å². The van der Waals surface area contributed by atoms with Crippen LogP contribution in [0.2, 0.25) is 0 Å². The van der Waals surface area contributed by atoms with Crippen molar-refractivity contribution in [1.29, 1.82) is 0 Å². The first-order valence-electron chi connectivity index (χ1n) is 6.27. The molecule has 0 saturated heterocycles. The zero-order chi connectivity index (χ0) is 17.1. The quantitative estimate of drug-likeness (QED) is 0.890. The Bertz CT molecular complexity index is 581. The van der Waals surface area contributed by atoms with Crippen molar-refractivity contribution in [3.8, 4) is 5.75 Å². The van der Waals surface area contributed by atoms with Crippen molar-refractivity contribution in [2.24, 2.45) is 0 Å².